The lowest BCUT2D eigenvalue weighted by atomic mass is 10.1. The summed E-state index contributed by atoms with van der Waals surface area (Å²) in [5.74, 6) is 0.897. The second-order valence-electron chi connectivity index (χ2n) is 5.50. The fourth-order valence-electron chi connectivity index (χ4n) is 2.29. The summed E-state index contributed by atoms with van der Waals surface area (Å²) in [7, 11) is 1.85. The van der Waals surface area contributed by atoms with Gasteiger partial charge in [0.25, 0.3) is 0 Å². The van der Waals surface area contributed by atoms with E-state index in [2.05, 4.69) is 0 Å². The minimum Gasteiger partial charge on any atom is -0.494 e. The van der Waals surface area contributed by atoms with Gasteiger partial charge in [-0.25, -0.2) is 0 Å². The molecule has 0 radical (unpaired) electrons. The van der Waals surface area contributed by atoms with Crippen LogP contribution in [0.3, 0.4) is 0 Å². The summed E-state index contributed by atoms with van der Waals surface area (Å²) in [6.07, 6.45) is 1.16. The molecule has 0 heterocycles. The van der Waals surface area contributed by atoms with Gasteiger partial charge in [0.2, 0.25) is 5.91 Å². The van der Waals surface area contributed by atoms with Crippen molar-refractivity contribution in [2.45, 2.75) is 25.8 Å². The smallest absolute Gasteiger partial charge is 0.222 e. The second-order valence-corrected chi connectivity index (χ2v) is 5.93. The molecule has 0 saturated heterocycles. The summed E-state index contributed by atoms with van der Waals surface area (Å²) in [5.41, 5.74) is 1.14. The molecule has 0 bridgehead atoms. The minimum atomic E-state index is 0.0703. The Morgan fingerprint density at radius 1 is 1.13 bits per heavy atom. The second kappa shape index (κ2) is 8.59. The van der Waals surface area contributed by atoms with E-state index in [-0.39, 0.29) is 11.9 Å². The number of carbonyl (C=O) groups excluding carboxylic acids is 1. The van der Waals surface area contributed by atoms with Gasteiger partial charge >= 0.3 is 0 Å². The Morgan fingerprint density at radius 3 is 2.43 bits per heavy atom. The average Bonchev–Trinajstić information content (AvgIpc) is 2.59. The molecule has 0 spiro atoms. The Kier molecular flexibility index (Phi) is 6.48. The number of nitrogens with zero attached hydrogens (tertiary/aromatic N) is 1. The van der Waals surface area contributed by atoms with Crippen molar-refractivity contribution in [1.82, 2.24) is 4.90 Å². The van der Waals surface area contributed by atoms with E-state index in [1.807, 2.05) is 56.4 Å². The zero-order valence-corrected chi connectivity index (χ0v) is 14.3. The van der Waals surface area contributed by atoms with Gasteiger partial charge in [0.15, 0.2) is 0 Å². The standard InChI is InChI=1S/C19H22ClNO2/c1-15(16-7-4-3-5-8-16)21(2)19(22)9-6-14-23-18-12-10-17(20)11-13-18/h3-5,7-8,10-13,15H,6,9,14H2,1-2H3. The van der Waals surface area contributed by atoms with E-state index in [4.69, 9.17) is 16.3 Å². The molecule has 4 heteroatoms. The summed E-state index contributed by atoms with van der Waals surface area (Å²) < 4.78 is 5.61. The number of carbonyl (C=O) groups is 1. The summed E-state index contributed by atoms with van der Waals surface area (Å²) in [6, 6.07) is 17.3. The highest BCUT2D eigenvalue weighted by Crippen LogP contribution is 2.19. The zero-order chi connectivity index (χ0) is 16.7. The predicted octanol–water partition coefficient (Wildman–Crippen LogP) is 4.72. The van der Waals surface area contributed by atoms with Gasteiger partial charge in [0.1, 0.15) is 5.75 Å². The first-order valence-corrected chi connectivity index (χ1v) is 8.14. The van der Waals surface area contributed by atoms with Gasteiger partial charge in [-0.1, -0.05) is 41.9 Å². The number of ether oxygens (including phenoxy) is 1. The Balaban J connectivity index is 1.74. The van der Waals surface area contributed by atoms with E-state index >= 15 is 0 Å². The van der Waals surface area contributed by atoms with Crippen LogP contribution >= 0.6 is 11.6 Å². The zero-order valence-electron chi connectivity index (χ0n) is 13.5. The normalized spacial score (nSPS) is 11.8. The van der Waals surface area contributed by atoms with Crippen molar-refractivity contribution in [3.8, 4) is 5.75 Å². The SMILES string of the molecule is CC(c1ccccc1)N(C)C(=O)CCCOc1ccc(Cl)cc1. The highest BCUT2D eigenvalue weighted by atomic mass is 35.5. The predicted molar refractivity (Wildman–Crippen MR) is 93.8 cm³/mol. The van der Waals surface area contributed by atoms with E-state index in [1.54, 1.807) is 17.0 Å². The molecule has 2 aromatic rings. The molecule has 1 atom stereocenters. The Morgan fingerprint density at radius 2 is 1.78 bits per heavy atom. The summed E-state index contributed by atoms with van der Waals surface area (Å²) >= 11 is 5.82. The van der Waals surface area contributed by atoms with Crippen molar-refractivity contribution in [3.63, 3.8) is 0 Å². The molecular formula is C19H22ClNO2. The van der Waals surface area contributed by atoms with Crippen LogP contribution in [0, 0.1) is 0 Å². The van der Waals surface area contributed by atoms with Crippen molar-refractivity contribution >= 4 is 17.5 Å². The van der Waals surface area contributed by atoms with E-state index in [1.165, 1.54) is 0 Å². The van der Waals surface area contributed by atoms with Crippen LogP contribution in [0.2, 0.25) is 5.02 Å². The Hall–Kier alpha value is -2.00. The van der Waals surface area contributed by atoms with Crippen LogP contribution in [-0.4, -0.2) is 24.5 Å². The van der Waals surface area contributed by atoms with Gasteiger partial charge in [-0.05, 0) is 43.2 Å². The lowest BCUT2D eigenvalue weighted by molar-refractivity contribution is -0.132. The van der Waals surface area contributed by atoms with Crippen molar-refractivity contribution < 1.29 is 9.53 Å². The number of hydrogen-bond acceptors (Lipinski definition) is 2. The summed E-state index contributed by atoms with van der Waals surface area (Å²) in [6.45, 7) is 2.55. The Labute approximate surface area is 142 Å². The fraction of sp³-hybridized carbons (Fsp3) is 0.316. The topological polar surface area (TPSA) is 29.5 Å². The maximum Gasteiger partial charge on any atom is 0.222 e. The van der Waals surface area contributed by atoms with Crippen LogP contribution < -0.4 is 4.74 Å². The molecule has 0 aliphatic rings. The quantitative estimate of drug-likeness (QED) is 0.687. The average molecular weight is 332 g/mol. The van der Waals surface area contributed by atoms with Crippen molar-refractivity contribution in [1.29, 1.82) is 0 Å². The van der Waals surface area contributed by atoms with Crippen LogP contribution in [0.15, 0.2) is 54.6 Å². The van der Waals surface area contributed by atoms with E-state index in [0.717, 1.165) is 11.3 Å². The van der Waals surface area contributed by atoms with Gasteiger partial charge in [0.05, 0.1) is 12.6 Å². The van der Waals surface area contributed by atoms with E-state index in [0.29, 0.717) is 24.5 Å². The number of halogens is 1. The minimum absolute atomic E-state index is 0.0703. The van der Waals surface area contributed by atoms with Crippen molar-refractivity contribution in [2.75, 3.05) is 13.7 Å². The highest BCUT2D eigenvalue weighted by Gasteiger charge is 2.16. The molecule has 2 aromatic carbocycles. The van der Waals surface area contributed by atoms with E-state index in [9.17, 15) is 4.79 Å². The van der Waals surface area contributed by atoms with E-state index < -0.39 is 0 Å². The van der Waals surface area contributed by atoms with Crippen LogP contribution in [0.1, 0.15) is 31.4 Å². The molecule has 2 rings (SSSR count). The monoisotopic (exact) mass is 331 g/mol. The van der Waals surface area contributed by atoms with Crippen LogP contribution in [0.5, 0.6) is 5.75 Å². The molecule has 0 saturated carbocycles. The number of rotatable bonds is 7. The lowest BCUT2D eigenvalue weighted by Gasteiger charge is -2.25. The molecule has 1 unspecified atom stereocenters. The first-order chi connectivity index (χ1) is 11.1. The molecule has 0 aromatic heterocycles. The first kappa shape index (κ1) is 17.4. The van der Waals surface area contributed by atoms with Crippen molar-refractivity contribution in [2.24, 2.45) is 0 Å². The van der Waals surface area contributed by atoms with Gasteiger partial charge in [-0.2, -0.15) is 0 Å². The number of amides is 1. The number of hydrogen-bond donors (Lipinski definition) is 0. The first-order valence-electron chi connectivity index (χ1n) is 7.77. The van der Waals surface area contributed by atoms with Crippen LogP contribution in [-0.2, 0) is 4.79 Å². The molecule has 0 aliphatic carbocycles. The van der Waals surface area contributed by atoms with Crippen LogP contribution in [0.25, 0.3) is 0 Å². The highest BCUT2D eigenvalue weighted by molar-refractivity contribution is 6.30. The third-order valence-corrected chi connectivity index (χ3v) is 4.13. The largest absolute Gasteiger partial charge is 0.494 e. The molecule has 0 aliphatic heterocycles. The van der Waals surface area contributed by atoms with Crippen LogP contribution in [0.4, 0.5) is 0 Å². The molecule has 0 fully saturated rings. The summed E-state index contributed by atoms with van der Waals surface area (Å²) in [5, 5.41) is 0.684. The Bertz CT molecular complexity index is 613. The lowest BCUT2D eigenvalue weighted by Crippen LogP contribution is -2.29. The molecule has 23 heavy (non-hydrogen) atoms. The third-order valence-electron chi connectivity index (χ3n) is 3.87. The molecule has 1 amide bonds. The maximum absolute atomic E-state index is 12.3. The fourth-order valence-corrected chi connectivity index (χ4v) is 2.42. The molecular weight excluding hydrogens is 310 g/mol. The molecule has 0 N–H and O–H groups in total. The molecule has 122 valence electrons. The van der Waals surface area contributed by atoms with Gasteiger partial charge in [0, 0.05) is 18.5 Å². The summed E-state index contributed by atoms with van der Waals surface area (Å²) in [4.78, 5) is 14.1. The number of benzene rings is 2. The van der Waals surface area contributed by atoms with Crippen molar-refractivity contribution in [3.05, 3.63) is 65.2 Å². The van der Waals surface area contributed by atoms with Gasteiger partial charge in [-0.15, -0.1) is 0 Å². The molecule has 3 nitrogen and oxygen atoms in total. The van der Waals surface area contributed by atoms with Gasteiger partial charge < -0.3 is 9.64 Å². The van der Waals surface area contributed by atoms with Gasteiger partial charge in [-0.3, -0.25) is 4.79 Å². The third kappa shape index (κ3) is 5.29. The maximum atomic E-state index is 12.3.